The molecule has 152 valence electrons. The van der Waals surface area contributed by atoms with Crippen molar-refractivity contribution < 1.29 is 28.1 Å². The van der Waals surface area contributed by atoms with E-state index in [1.807, 2.05) is 0 Å². The van der Waals surface area contributed by atoms with Gasteiger partial charge in [0.2, 0.25) is 5.88 Å². The minimum Gasteiger partial charge on any atom is -0.477 e. The van der Waals surface area contributed by atoms with Crippen LogP contribution in [0.25, 0.3) is 0 Å². The molecule has 1 aromatic rings. The van der Waals surface area contributed by atoms with Crippen LogP contribution in [0.1, 0.15) is 44.1 Å². The number of rotatable bonds is 7. The van der Waals surface area contributed by atoms with Crippen LogP contribution in [-0.2, 0) is 6.18 Å². The Morgan fingerprint density at radius 3 is 2.37 bits per heavy atom. The standard InChI is InChI=1S/C19H27F3N2O3/c20-19(21,22)14-5-6-17(24-10-14)27-12-18(7-15(25)16(26)8-18)11-23-9-13-3-1-2-4-13/h5-6,10,13,15-16,23,25-26H,1-4,7-9,11-12H2/t15-,16+,18?. The third-order valence-corrected chi connectivity index (χ3v) is 5.73. The molecular weight excluding hydrogens is 361 g/mol. The maximum atomic E-state index is 12.6. The SMILES string of the molecule is O[C@@H]1CC(CNCC2CCCC2)(COc2ccc(C(F)(F)F)cn2)C[C@@H]1O. The number of halogens is 3. The van der Waals surface area contributed by atoms with Crippen LogP contribution >= 0.6 is 0 Å². The fourth-order valence-corrected chi connectivity index (χ4v) is 4.17. The topological polar surface area (TPSA) is 74.6 Å². The van der Waals surface area contributed by atoms with Gasteiger partial charge >= 0.3 is 6.18 Å². The highest BCUT2D eigenvalue weighted by molar-refractivity contribution is 5.20. The summed E-state index contributed by atoms with van der Waals surface area (Å²) in [6, 6.07) is 2.13. The molecule has 0 aliphatic heterocycles. The van der Waals surface area contributed by atoms with Gasteiger partial charge < -0.3 is 20.3 Å². The van der Waals surface area contributed by atoms with Crippen LogP contribution < -0.4 is 10.1 Å². The molecule has 2 fully saturated rings. The first-order valence-electron chi connectivity index (χ1n) is 9.50. The van der Waals surface area contributed by atoms with E-state index in [-0.39, 0.29) is 12.5 Å². The van der Waals surface area contributed by atoms with E-state index in [2.05, 4.69) is 10.3 Å². The number of aliphatic hydroxyl groups is 2. The summed E-state index contributed by atoms with van der Waals surface area (Å²) in [6.45, 7) is 1.65. The quantitative estimate of drug-likeness (QED) is 0.670. The second-order valence-corrected chi connectivity index (χ2v) is 8.00. The van der Waals surface area contributed by atoms with Crippen molar-refractivity contribution in [2.45, 2.75) is 56.9 Å². The van der Waals surface area contributed by atoms with E-state index in [1.165, 1.54) is 31.7 Å². The average Bonchev–Trinajstić information content (AvgIpc) is 3.22. The normalized spacial score (nSPS) is 29.4. The Morgan fingerprint density at radius 1 is 1.15 bits per heavy atom. The van der Waals surface area contributed by atoms with Crippen LogP contribution in [0, 0.1) is 11.3 Å². The molecule has 1 aromatic heterocycles. The van der Waals surface area contributed by atoms with E-state index in [9.17, 15) is 23.4 Å². The number of ether oxygens (including phenoxy) is 1. The first kappa shape index (κ1) is 20.4. The minimum absolute atomic E-state index is 0.106. The number of aromatic nitrogens is 1. The molecule has 1 heterocycles. The van der Waals surface area contributed by atoms with Gasteiger partial charge in [0.15, 0.2) is 0 Å². The molecule has 0 aromatic carbocycles. The van der Waals surface area contributed by atoms with Crippen LogP contribution in [0.2, 0.25) is 0 Å². The Bertz CT molecular complexity index is 593. The van der Waals surface area contributed by atoms with E-state index in [0.29, 0.717) is 25.3 Å². The van der Waals surface area contributed by atoms with Gasteiger partial charge in [0.25, 0.3) is 0 Å². The van der Waals surface area contributed by atoms with E-state index in [1.54, 1.807) is 0 Å². The Morgan fingerprint density at radius 2 is 1.81 bits per heavy atom. The Kier molecular flexibility index (Phi) is 6.28. The number of hydrogen-bond donors (Lipinski definition) is 3. The summed E-state index contributed by atoms with van der Waals surface area (Å²) >= 11 is 0. The van der Waals surface area contributed by atoms with Crippen molar-refractivity contribution in [3.05, 3.63) is 23.9 Å². The van der Waals surface area contributed by atoms with E-state index in [0.717, 1.165) is 18.8 Å². The van der Waals surface area contributed by atoms with Crippen LogP contribution in [0.15, 0.2) is 18.3 Å². The van der Waals surface area contributed by atoms with E-state index >= 15 is 0 Å². The highest BCUT2D eigenvalue weighted by Gasteiger charge is 2.44. The maximum Gasteiger partial charge on any atom is 0.417 e. The van der Waals surface area contributed by atoms with Crippen molar-refractivity contribution in [1.29, 1.82) is 0 Å². The molecule has 2 aliphatic carbocycles. The molecule has 0 spiro atoms. The molecule has 2 saturated carbocycles. The fraction of sp³-hybridized carbons (Fsp3) is 0.737. The van der Waals surface area contributed by atoms with Crippen molar-refractivity contribution in [3.63, 3.8) is 0 Å². The fourth-order valence-electron chi connectivity index (χ4n) is 4.17. The van der Waals surface area contributed by atoms with Crippen LogP contribution in [0.3, 0.4) is 0 Å². The summed E-state index contributed by atoms with van der Waals surface area (Å²) in [5.41, 5.74) is -1.29. The predicted molar refractivity (Wildman–Crippen MR) is 93.2 cm³/mol. The summed E-state index contributed by atoms with van der Waals surface area (Å²) < 4.78 is 43.5. The smallest absolute Gasteiger partial charge is 0.417 e. The monoisotopic (exact) mass is 388 g/mol. The van der Waals surface area contributed by atoms with Gasteiger partial charge in [-0.1, -0.05) is 12.8 Å². The zero-order chi connectivity index (χ0) is 19.5. The zero-order valence-corrected chi connectivity index (χ0v) is 15.2. The average molecular weight is 388 g/mol. The molecule has 27 heavy (non-hydrogen) atoms. The van der Waals surface area contributed by atoms with Gasteiger partial charge in [0.1, 0.15) is 0 Å². The van der Waals surface area contributed by atoms with Crippen molar-refractivity contribution in [2.75, 3.05) is 19.7 Å². The molecule has 3 rings (SSSR count). The molecule has 3 N–H and O–H groups in total. The highest BCUT2D eigenvalue weighted by Crippen LogP contribution is 2.39. The first-order chi connectivity index (χ1) is 12.8. The highest BCUT2D eigenvalue weighted by atomic mass is 19.4. The number of hydrogen-bond acceptors (Lipinski definition) is 5. The molecule has 0 amide bonds. The Hall–Kier alpha value is -1.38. The molecule has 2 aliphatic rings. The first-order valence-corrected chi connectivity index (χ1v) is 9.50. The van der Waals surface area contributed by atoms with Crippen LogP contribution in [0.4, 0.5) is 13.2 Å². The van der Waals surface area contributed by atoms with Gasteiger partial charge in [0.05, 0.1) is 24.4 Å². The maximum absolute atomic E-state index is 12.6. The second kappa shape index (κ2) is 8.32. The third kappa shape index (κ3) is 5.33. The molecular formula is C19H27F3N2O3. The summed E-state index contributed by atoms with van der Waals surface area (Å²) in [7, 11) is 0. The van der Waals surface area contributed by atoms with E-state index in [4.69, 9.17) is 4.74 Å². The van der Waals surface area contributed by atoms with Crippen molar-refractivity contribution >= 4 is 0 Å². The summed E-state index contributed by atoms with van der Waals surface area (Å²) in [5.74, 6) is 0.768. The molecule has 0 saturated heterocycles. The van der Waals surface area contributed by atoms with E-state index < -0.39 is 29.4 Å². The van der Waals surface area contributed by atoms with Crippen LogP contribution in [0.5, 0.6) is 5.88 Å². The van der Waals surface area contributed by atoms with Gasteiger partial charge in [-0.2, -0.15) is 13.2 Å². The molecule has 8 heteroatoms. The lowest BCUT2D eigenvalue weighted by Crippen LogP contribution is -2.39. The predicted octanol–water partition coefficient (Wildman–Crippen LogP) is 2.76. The zero-order valence-electron chi connectivity index (χ0n) is 15.2. The lowest BCUT2D eigenvalue weighted by Gasteiger charge is -2.29. The lowest BCUT2D eigenvalue weighted by molar-refractivity contribution is -0.137. The van der Waals surface area contributed by atoms with Crippen molar-refractivity contribution in [1.82, 2.24) is 10.3 Å². The Labute approximate surface area is 156 Å². The van der Waals surface area contributed by atoms with Gasteiger partial charge in [0, 0.05) is 24.2 Å². The number of pyridine rings is 1. The number of nitrogens with one attached hydrogen (secondary N) is 1. The van der Waals surface area contributed by atoms with Gasteiger partial charge in [-0.3, -0.25) is 0 Å². The van der Waals surface area contributed by atoms with Crippen molar-refractivity contribution in [3.8, 4) is 5.88 Å². The molecule has 0 bridgehead atoms. The summed E-state index contributed by atoms with van der Waals surface area (Å²) in [4.78, 5) is 3.73. The molecule has 5 nitrogen and oxygen atoms in total. The largest absolute Gasteiger partial charge is 0.477 e. The molecule has 0 radical (unpaired) electrons. The van der Waals surface area contributed by atoms with Crippen LogP contribution in [-0.4, -0.2) is 47.1 Å². The van der Waals surface area contributed by atoms with Crippen molar-refractivity contribution in [2.24, 2.45) is 11.3 Å². The molecule has 3 atom stereocenters. The lowest BCUT2D eigenvalue weighted by atomic mass is 9.86. The second-order valence-electron chi connectivity index (χ2n) is 8.00. The summed E-state index contributed by atoms with van der Waals surface area (Å²) in [6.07, 6.45) is 0.405. The van der Waals surface area contributed by atoms with Gasteiger partial charge in [-0.15, -0.1) is 0 Å². The number of alkyl halides is 3. The number of nitrogens with zero attached hydrogens (tertiary/aromatic N) is 1. The number of aliphatic hydroxyl groups excluding tert-OH is 2. The Balaban J connectivity index is 1.58. The van der Waals surface area contributed by atoms with Gasteiger partial charge in [-0.25, -0.2) is 4.98 Å². The summed E-state index contributed by atoms with van der Waals surface area (Å²) in [5, 5.41) is 23.4. The third-order valence-electron chi connectivity index (χ3n) is 5.73. The molecule has 1 unspecified atom stereocenters. The van der Waals surface area contributed by atoms with Gasteiger partial charge in [-0.05, 0) is 44.2 Å². The minimum atomic E-state index is -4.43.